The van der Waals surface area contributed by atoms with Crippen LogP contribution in [0.2, 0.25) is 0 Å². The van der Waals surface area contributed by atoms with E-state index in [0.29, 0.717) is 24.7 Å². The number of aromatic nitrogens is 1. The molecule has 0 bridgehead atoms. The maximum atomic E-state index is 11.4. The molecule has 1 heterocycles. The second-order valence-corrected chi connectivity index (χ2v) is 4.38. The number of carbonyl (C=O) groups is 1. The van der Waals surface area contributed by atoms with Crippen molar-refractivity contribution in [3.63, 3.8) is 0 Å². The van der Waals surface area contributed by atoms with Crippen molar-refractivity contribution in [1.82, 2.24) is 4.98 Å². The molecule has 1 rings (SSSR count). The Bertz CT molecular complexity index is 368. The van der Waals surface area contributed by atoms with Crippen LogP contribution in [0.5, 0.6) is 5.88 Å². The molecule has 1 aromatic heterocycles. The van der Waals surface area contributed by atoms with Gasteiger partial charge >= 0.3 is 5.97 Å². The molecular formula is C12H18N2O3. The number of hydrogen-bond donors (Lipinski definition) is 1. The van der Waals surface area contributed by atoms with Crippen molar-refractivity contribution >= 4 is 5.97 Å². The van der Waals surface area contributed by atoms with Crippen molar-refractivity contribution in [1.29, 1.82) is 0 Å². The standard InChI is InChI=1S/C12H18N2O3/c1-4-16-11(15)9-5-6-10(14-7-9)17-8-12(2,3)13/h5-7H,4,8,13H2,1-3H3. The van der Waals surface area contributed by atoms with E-state index >= 15 is 0 Å². The number of hydrogen-bond acceptors (Lipinski definition) is 5. The molecule has 0 radical (unpaired) electrons. The molecule has 0 aromatic carbocycles. The quantitative estimate of drug-likeness (QED) is 0.784. The van der Waals surface area contributed by atoms with E-state index in [4.69, 9.17) is 15.2 Å². The average molecular weight is 238 g/mol. The molecule has 0 amide bonds. The lowest BCUT2D eigenvalue weighted by Gasteiger charge is -2.18. The number of pyridine rings is 1. The van der Waals surface area contributed by atoms with Gasteiger partial charge in [0.25, 0.3) is 0 Å². The number of nitrogens with two attached hydrogens (primary N) is 1. The van der Waals surface area contributed by atoms with Crippen molar-refractivity contribution in [2.45, 2.75) is 26.3 Å². The Balaban J connectivity index is 2.59. The third kappa shape index (κ3) is 4.82. The van der Waals surface area contributed by atoms with Crippen molar-refractivity contribution in [2.75, 3.05) is 13.2 Å². The second-order valence-electron chi connectivity index (χ2n) is 4.38. The number of ether oxygens (including phenoxy) is 2. The molecule has 1 aromatic rings. The van der Waals surface area contributed by atoms with Gasteiger partial charge in [-0.3, -0.25) is 0 Å². The molecule has 5 nitrogen and oxygen atoms in total. The molecule has 5 heteroatoms. The highest BCUT2D eigenvalue weighted by molar-refractivity contribution is 5.89. The summed E-state index contributed by atoms with van der Waals surface area (Å²) in [7, 11) is 0. The van der Waals surface area contributed by atoms with E-state index in [1.807, 2.05) is 13.8 Å². The molecule has 0 saturated carbocycles. The summed E-state index contributed by atoms with van der Waals surface area (Å²) in [5, 5.41) is 0. The van der Waals surface area contributed by atoms with E-state index in [1.165, 1.54) is 6.20 Å². The lowest BCUT2D eigenvalue weighted by Crippen LogP contribution is -2.38. The summed E-state index contributed by atoms with van der Waals surface area (Å²) in [6, 6.07) is 3.24. The first kappa shape index (κ1) is 13.4. The van der Waals surface area contributed by atoms with Gasteiger partial charge in [-0.2, -0.15) is 0 Å². The smallest absolute Gasteiger partial charge is 0.339 e. The minimum Gasteiger partial charge on any atom is -0.476 e. The molecular weight excluding hydrogens is 220 g/mol. The lowest BCUT2D eigenvalue weighted by molar-refractivity contribution is 0.0525. The number of esters is 1. The van der Waals surface area contributed by atoms with Gasteiger partial charge in [-0.05, 0) is 26.8 Å². The van der Waals surface area contributed by atoms with Crippen LogP contribution in [0.1, 0.15) is 31.1 Å². The number of carbonyl (C=O) groups excluding carboxylic acids is 1. The van der Waals surface area contributed by atoms with E-state index in [-0.39, 0.29) is 5.97 Å². The summed E-state index contributed by atoms with van der Waals surface area (Å²) in [4.78, 5) is 15.4. The van der Waals surface area contributed by atoms with E-state index in [0.717, 1.165) is 0 Å². The Morgan fingerprint density at radius 2 is 2.18 bits per heavy atom. The fraction of sp³-hybridized carbons (Fsp3) is 0.500. The predicted molar refractivity (Wildman–Crippen MR) is 64.0 cm³/mol. The normalized spacial score (nSPS) is 11.1. The van der Waals surface area contributed by atoms with Crippen molar-refractivity contribution in [3.05, 3.63) is 23.9 Å². The summed E-state index contributed by atoms with van der Waals surface area (Å²) in [6.45, 7) is 6.18. The Labute approximate surface area is 101 Å². The van der Waals surface area contributed by atoms with Crippen LogP contribution < -0.4 is 10.5 Å². The molecule has 0 aliphatic heterocycles. The first-order valence-electron chi connectivity index (χ1n) is 5.47. The summed E-state index contributed by atoms with van der Waals surface area (Å²) < 4.78 is 10.2. The van der Waals surface area contributed by atoms with Crippen molar-refractivity contribution < 1.29 is 14.3 Å². The monoisotopic (exact) mass is 238 g/mol. The van der Waals surface area contributed by atoms with Gasteiger partial charge in [-0.25, -0.2) is 9.78 Å². The Hall–Kier alpha value is -1.62. The number of rotatable bonds is 5. The third-order valence-electron chi connectivity index (χ3n) is 1.84. The molecule has 0 fully saturated rings. The van der Waals surface area contributed by atoms with Gasteiger partial charge in [0, 0.05) is 17.8 Å². The van der Waals surface area contributed by atoms with Gasteiger partial charge in [0.15, 0.2) is 0 Å². The molecule has 0 atom stereocenters. The largest absolute Gasteiger partial charge is 0.476 e. The lowest BCUT2D eigenvalue weighted by atomic mass is 10.1. The van der Waals surface area contributed by atoms with Gasteiger partial charge in [-0.1, -0.05) is 0 Å². The first-order chi connectivity index (χ1) is 7.92. The summed E-state index contributed by atoms with van der Waals surface area (Å²) in [6.07, 6.45) is 1.43. The zero-order valence-electron chi connectivity index (χ0n) is 10.4. The van der Waals surface area contributed by atoms with E-state index in [2.05, 4.69) is 4.98 Å². The maximum Gasteiger partial charge on any atom is 0.339 e. The van der Waals surface area contributed by atoms with Crippen LogP contribution in [0.4, 0.5) is 0 Å². The van der Waals surface area contributed by atoms with E-state index in [9.17, 15) is 4.79 Å². The van der Waals surface area contributed by atoms with Gasteiger partial charge in [0.1, 0.15) is 6.61 Å². The van der Waals surface area contributed by atoms with E-state index in [1.54, 1.807) is 19.1 Å². The van der Waals surface area contributed by atoms with Gasteiger partial charge in [-0.15, -0.1) is 0 Å². The minimum atomic E-state index is -0.415. The molecule has 2 N–H and O–H groups in total. The highest BCUT2D eigenvalue weighted by Crippen LogP contribution is 2.10. The third-order valence-corrected chi connectivity index (χ3v) is 1.84. The van der Waals surface area contributed by atoms with Crippen LogP contribution in [0.3, 0.4) is 0 Å². The van der Waals surface area contributed by atoms with Crippen LogP contribution >= 0.6 is 0 Å². The fourth-order valence-electron chi connectivity index (χ4n) is 1.06. The highest BCUT2D eigenvalue weighted by atomic mass is 16.5. The van der Waals surface area contributed by atoms with E-state index < -0.39 is 5.54 Å². The molecule has 0 aliphatic rings. The Morgan fingerprint density at radius 3 is 2.65 bits per heavy atom. The topological polar surface area (TPSA) is 74.4 Å². The summed E-state index contributed by atoms with van der Waals surface area (Å²) >= 11 is 0. The molecule has 17 heavy (non-hydrogen) atoms. The van der Waals surface area contributed by atoms with Gasteiger partial charge in [0.2, 0.25) is 5.88 Å². The zero-order chi connectivity index (χ0) is 12.9. The van der Waals surface area contributed by atoms with Crippen LogP contribution in [-0.2, 0) is 4.74 Å². The highest BCUT2D eigenvalue weighted by Gasteiger charge is 2.12. The number of nitrogens with zero attached hydrogens (tertiary/aromatic N) is 1. The van der Waals surface area contributed by atoms with Crippen molar-refractivity contribution in [3.8, 4) is 5.88 Å². The van der Waals surface area contributed by atoms with Gasteiger partial charge in [0.05, 0.1) is 12.2 Å². The van der Waals surface area contributed by atoms with Crippen molar-refractivity contribution in [2.24, 2.45) is 5.73 Å². The molecule has 0 aliphatic carbocycles. The fourth-order valence-corrected chi connectivity index (χ4v) is 1.06. The maximum absolute atomic E-state index is 11.4. The molecule has 0 spiro atoms. The molecule has 0 saturated heterocycles. The van der Waals surface area contributed by atoms with Crippen LogP contribution in [-0.4, -0.2) is 29.7 Å². The molecule has 94 valence electrons. The second kappa shape index (κ2) is 5.63. The predicted octanol–water partition coefficient (Wildman–Crippen LogP) is 1.37. The zero-order valence-corrected chi connectivity index (χ0v) is 10.4. The average Bonchev–Trinajstić information content (AvgIpc) is 2.26. The SMILES string of the molecule is CCOC(=O)c1ccc(OCC(C)(C)N)nc1. The Morgan fingerprint density at radius 1 is 1.47 bits per heavy atom. The summed E-state index contributed by atoms with van der Waals surface area (Å²) in [5.74, 6) is 0.0577. The van der Waals surface area contributed by atoms with Gasteiger partial charge < -0.3 is 15.2 Å². The Kier molecular flexibility index (Phi) is 4.45. The first-order valence-corrected chi connectivity index (χ1v) is 5.47. The summed E-state index contributed by atoms with van der Waals surface area (Å²) in [5.41, 5.74) is 5.77. The molecule has 0 unspecified atom stereocenters. The van der Waals surface area contributed by atoms with Crippen LogP contribution in [0.25, 0.3) is 0 Å². The minimum absolute atomic E-state index is 0.346. The van der Waals surface area contributed by atoms with Crippen LogP contribution in [0.15, 0.2) is 18.3 Å². The van der Waals surface area contributed by atoms with Crippen LogP contribution in [0, 0.1) is 0 Å².